The molecule has 0 atom stereocenters. The summed E-state index contributed by atoms with van der Waals surface area (Å²) in [6, 6.07) is 15.6. The molecule has 0 saturated carbocycles. The molecule has 0 unspecified atom stereocenters. The van der Waals surface area contributed by atoms with Crippen molar-refractivity contribution in [3.63, 3.8) is 0 Å². The molecule has 0 spiro atoms. The van der Waals surface area contributed by atoms with E-state index in [0.29, 0.717) is 11.5 Å². The molecule has 0 radical (unpaired) electrons. The maximum absolute atomic E-state index is 12.9. The highest BCUT2D eigenvalue weighted by Gasteiger charge is 2.06. The van der Waals surface area contributed by atoms with Crippen LogP contribution < -0.4 is 10.6 Å². The number of nitrogens with zero attached hydrogens (tertiary/aromatic N) is 1. The van der Waals surface area contributed by atoms with Crippen molar-refractivity contribution in [3.05, 3.63) is 83.3 Å². The van der Waals surface area contributed by atoms with Gasteiger partial charge in [0.1, 0.15) is 11.6 Å². The summed E-state index contributed by atoms with van der Waals surface area (Å²) in [6.45, 7) is 4.08. The van der Waals surface area contributed by atoms with Gasteiger partial charge in [-0.15, -0.1) is 0 Å². The van der Waals surface area contributed by atoms with Crippen LogP contribution in [0.15, 0.2) is 60.8 Å². The number of para-hydroxylation sites is 1. The number of benzene rings is 2. The lowest BCUT2D eigenvalue weighted by Gasteiger charge is -2.12. The predicted molar refractivity (Wildman–Crippen MR) is 102 cm³/mol. The lowest BCUT2D eigenvalue weighted by Crippen LogP contribution is -2.14. The van der Waals surface area contributed by atoms with Gasteiger partial charge in [-0.1, -0.05) is 30.3 Å². The summed E-state index contributed by atoms with van der Waals surface area (Å²) < 4.78 is 12.9. The molecule has 1 amide bonds. The summed E-state index contributed by atoms with van der Waals surface area (Å²) in [5.74, 6) is 0.220. The number of rotatable bonds is 5. The third-order valence-electron chi connectivity index (χ3n) is 4.06. The molecule has 2 N–H and O–H groups in total. The van der Waals surface area contributed by atoms with Gasteiger partial charge in [-0.3, -0.25) is 4.79 Å². The van der Waals surface area contributed by atoms with Gasteiger partial charge in [0.05, 0.1) is 18.3 Å². The van der Waals surface area contributed by atoms with Crippen molar-refractivity contribution in [2.75, 3.05) is 10.6 Å². The van der Waals surface area contributed by atoms with Crippen LogP contribution in [0.1, 0.15) is 16.7 Å². The fourth-order valence-corrected chi connectivity index (χ4v) is 2.67. The molecule has 1 heterocycles. The Morgan fingerprint density at radius 2 is 1.69 bits per heavy atom. The van der Waals surface area contributed by atoms with Crippen molar-refractivity contribution >= 4 is 23.1 Å². The largest absolute Gasteiger partial charge is 0.340 e. The third kappa shape index (κ3) is 4.45. The number of hydrogen-bond donors (Lipinski definition) is 2. The number of aryl methyl sites for hydroxylation is 2. The van der Waals surface area contributed by atoms with Crippen LogP contribution >= 0.6 is 0 Å². The second-order valence-electron chi connectivity index (χ2n) is 6.18. The average molecular weight is 349 g/mol. The maximum atomic E-state index is 12.9. The average Bonchev–Trinajstić information content (AvgIpc) is 2.62. The Hall–Kier alpha value is -3.21. The number of carbonyl (C=O) groups is 1. The minimum Gasteiger partial charge on any atom is -0.340 e. The number of amides is 1. The number of carbonyl (C=O) groups excluding carboxylic acids is 1. The van der Waals surface area contributed by atoms with Crippen LogP contribution in [0.2, 0.25) is 0 Å². The van der Waals surface area contributed by atoms with Gasteiger partial charge in [0.2, 0.25) is 5.91 Å². The highest BCUT2D eigenvalue weighted by atomic mass is 19.1. The zero-order valence-corrected chi connectivity index (χ0v) is 14.7. The van der Waals surface area contributed by atoms with Crippen molar-refractivity contribution in [2.45, 2.75) is 20.3 Å². The van der Waals surface area contributed by atoms with E-state index < -0.39 is 0 Å². The summed E-state index contributed by atoms with van der Waals surface area (Å²) in [5.41, 5.74) is 4.69. The zero-order chi connectivity index (χ0) is 18.5. The number of nitrogens with one attached hydrogen (secondary N) is 2. The Balaban J connectivity index is 1.62. The Morgan fingerprint density at radius 1 is 1.00 bits per heavy atom. The molecule has 0 aliphatic heterocycles. The Bertz CT molecular complexity index is 885. The van der Waals surface area contributed by atoms with E-state index in [2.05, 4.69) is 15.6 Å². The highest BCUT2D eigenvalue weighted by molar-refractivity contribution is 5.92. The Morgan fingerprint density at radius 3 is 2.31 bits per heavy atom. The Kier molecular flexibility index (Phi) is 5.27. The van der Waals surface area contributed by atoms with E-state index in [1.165, 1.54) is 12.1 Å². The van der Waals surface area contributed by atoms with Gasteiger partial charge in [0.15, 0.2) is 0 Å². The predicted octanol–water partition coefficient (Wildman–Crippen LogP) is 4.76. The highest BCUT2D eigenvalue weighted by Crippen LogP contribution is 2.23. The molecule has 0 saturated heterocycles. The topological polar surface area (TPSA) is 54.0 Å². The van der Waals surface area contributed by atoms with Gasteiger partial charge in [0.25, 0.3) is 0 Å². The van der Waals surface area contributed by atoms with Gasteiger partial charge < -0.3 is 10.6 Å². The molecule has 1 aromatic heterocycles. The molecule has 4 nitrogen and oxygen atoms in total. The van der Waals surface area contributed by atoms with Crippen LogP contribution in [0.25, 0.3) is 0 Å². The lowest BCUT2D eigenvalue weighted by molar-refractivity contribution is -0.115. The van der Waals surface area contributed by atoms with E-state index in [4.69, 9.17) is 0 Å². The lowest BCUT2D eigenvalue weighted by atomic mass is 10.1. The molecule has 26 heavy (non-hydrogen) atoms. The summed E-state index contributed by atoms with van der Waals surface area (Å²) in [6.07, 6.45) is 1.79. The van der Waals surface area contributed by atoms with E-state index >= 15 is 0 Å². The molecule has 3 aromatic rings. The zero-order valence-electron chi connectivity index (χ0n) is 14.7. The van der Waals surface area contributed by atoms with Crippen molar-refractivity contribution in [2.24, 2.45) is 0 Å². The van der Waals surface area contributed by atoms with Gasteiger partial charge in [0, 0.05) is 5.69 Å². The fourth-order valence-electron chi connectivity index (χ4n) is 2.67. The van der Waals surface area contributed by atoms with Crippen LogP contribution in [0, 0.1) is 19.7 Å². The van der Waals surface area contributed by atoms with E-state index in [0.717, 1.165) is 22.4 Å². The molecule has 0 aliphatic carbocycles. The van der Waals surface area contributed by atoms with Crippen molar-refractivity contribution in [1.82, 2.24) is 4.98 Å². The number of aromatic nitrogens is 1. The number of hydrogen-bond acceptors (Lipinski definition) is 3. The quantitative estimate of drug-likeness (QED) is 0.698. The first-order valence-corrected chi connectivity index (χ1v) is 8.35. The molecule has 0 bridgehead atoms. The van der Waals surface area contributed by atoms with Gasteiger partial charge >= 0.3 is 0 Å². The van der Waals surface area contributed by atoms with Crippen LogP contribution in [-0.4, -0.2) is 10.9 Å². The van der Waals surface area contributed by atoms with Crippen molar-refractivity contribution < 1.29 is 9.18 Å². The van der Waals surface area contributed by atoms with Crippen LogP contribution in [0.3, 0.4) is 0 Å². The number of anilines is 3. The standard InChI is InChI=1S/C21H20FN3O/c1-14-4-3-5-15(2)21(14)25-19-11-10-18(13-23-19)24-20(26)12-16-6-8-17(22)9-7-16/h3-11,13H,12H2,1-2H3,(H,23,25)(H,24,26). The number of halogens is 1. The third-order valence-corrected chi connectivity index (χ3v) is 4.06. The minimum absolute atomic E-state index is 0.172. The van der Waals surface area contributed by atoms with Gasteiger partial charge in [-0.05, 0) is 54.8 Å². The van der Waals surface area contributed by atoms with E-state index in [-0.39, 0.29) is 18.1 Å². The molecule has 5 heteroatoms. The minimum atomic E-state index is -0.315. The molecule has 0 aliphatic rings. The normalized spacial score (nSPS) is 10.4. The van der Waals surface area contributed by atoms with Gasteiger partial charge in [-0.25, -0.2) is 9.37 Å². The number of pyridine rings is 1. The fraction of sp³-hybridized carbons (Fsp3) is 0.143. The molecule has 0 fully saturated rings. The van der Waals surface area contributed by atoms with E-state index in [1.54, 1.807) is 24.4 Å². The molecule has 2 aromatic carbocycles. The second kappa shape index (κ2) is 7.78. The van der Waals surface area contributed by atoms with E-state index in [1.807, 2.05) is 38.1 Å². The molecular formula is C21H20FN3O. The van der Waals surface area contributed by atoms with Gasteiger partial charge in [-0.2, -0.15) is 0 Å². The second-order valence-corrected chi connectivity index (χ2v) is 6.18. The summed E-state index contributed by atoms with van der Waals surface area (Å²) in [5, 5.41) is 6.10. The maximum Gasteiger partial charge on any atom is 0.228 e. The van der Waals surface area contributed by atoms with Crippen molar-refractivity contribution in [3.8, 4) is 0 Å². The smallest absolute Gasteiger partial charge is 0.228 e. The Labute approximate surface area is 152 Å². The summed E-state index contributed by atoms with van der Waals surface area (Å²) in [7, 11) is 0. The van der Waals surface area contributed by atoms with Crippen LogP contribution in [0.5, 0.6) is 0 Å². The molecule has 3 rings (SSSR count). The first-order chi connectivity index (χ1) is 12.5. The van der Waals surface area contributed by atoms with Crippen molar-refractivity contribution in [1.29, 1.82) is 0 Å². The molecule has 132 valence electrons. The first kappa shape index (κ1) is 17.6. The summed E-state index contributed by atoms with van der Waals surface area (Å²) >= 11 is 0. The van der Waals surface area contributed by atoms with E-state index in [9.17, 15) is 9.18 Å². The van der Waals surface area contributed by atoms with Crippen LogP contribution in [0.4, 0.5) is 21.6 Å². The molecular weight excluding hydrogens is 329 g/mol. The first-order valence-electron chi connectivity index (χ1n) is 8.35. The van der Waals surface area contributed by atoms with Crippen LogP contribution in [-0.2, 0) is 11.2 Å². The monoisotopic (exact) mass is 349 g/mol. The summed E-state index contributed by atoms with van der Waals surface area (Å²) in [4.78, 5) is 16.4. The SMILES string of the molecule is Cc1cccc(C)c1Nc1ccc(NC(=O)Cc2ccc(F)cc2)cn1.